The lowest BCUT2D eigenvalue weighted by Crippen LogP contribution is -2.35. The second kappa shape index (κ2) is 9.48. The zero-order valence-electron chi connectivity index (χ0n) is 16.5. The fourth-order valence-electron chi connectivity index (χ4n) is 3.38. The van der Waals surface area contributed by atoms with Crippen LogP contribution in [0, 0.1) is 5.92 Å². The van der Waals surface area contributed by atoms with E-state index in [0.29, 0.717) is 25.4 Å². The fraction of sp³-hybridized carbons (Fsp3) is 0.381. The van der Waals surface area contributed by atoms with Gasteiger partial charge in [-0.25, -0.2) is 9.37 Å². The van der Waals surface area contributed by atoms with Gasteiger partial charge in [-0.15, -0.1) is 0 Å². The quantitative estimate of drug-likeness (QED) is 0.676. The van der Waals surface area contributed by atoms with Gasteiger partial charge in [0, 0.05) is 37.6 Å². The van der Waals surface area contributed by atoms with Gasteiger partial charge >= 0.3 is 0 Å². The molecule has 0 unspecified atom stereocenters. The third kappa shape index (κ3) is 5.51. The summed E-state index contributed by atoms with van der Waals surface area (Å²) >= 11 is 12.8. The normalized spacial score (nSPS) is 20.9. The van der Waals surface area contributed by atoms with Crippen molar-refractivity contribution < 1.29 is 18.7 Å². The lowest BCUT2D eigenvalue weighted by molar-refractivity contribution is -0.117. The average Bonchev–Trinajstić information content (AvgIpc) is 3.45. The van der Waals surface area contributed by atoms with Gasteiger partial charge in [0.1, 0.15) is 12.0 Å². The van der Waals surface area contributed by atoms with Gasteiger partial charge in [-0.05, 0) is 30.2 Å². The molecule has 2 N–H and O–H groups in total. The number of anilines is 2. The monoisotopic (exact) mass is 466 g/mol. The first-order chi connectivity index (χ1) is 14.9. The van der Waals surface area contributed by atoms with E-state index in [-0.39, 0.29) is 27.8 Å². The molecule has 2 aliphatic rings. The minimum atomic E-state index is -1.10. The highest BCUT2D eigenvalue weighted by Crippen LogP contribution is 2.34. The highest BCUT2D eigenvalue weighted by atomic mass is 35.5. The molecule has 0 radical (unpaired) electrons. The maximum Gasteiger partial charge on any atom is 0.258 e. The standard InChI is InChI=1S/C21H21Cl2FN4O3/c22-15-7-12(11-28-3-5-31-6-4-28)8-16(23)19(15)21(30)26-13-1-2-25-18(9-13)27-20(29)14-10-17(14)24/h1-2,7-9,14,17H,3-6,10-11H2,(H2,25,26,27,29,30)/t14-,17-/m0/s1. The number of rotatable bonds is 6. The smallest absolute Gasteiger partial charge is 0.258 e. The molecule has 2 fully saturated rings. The first kappa shape index (κ1) is 22.0. The molecule has 1 aliphatic carbocycles. The number of morpholine rings is 1. The lowest BCUT2D eigenvalue weighted by atomic mass is 10.1. The second-order valence-electron chi connectivity index (χ2n) is 7.55. The van der Waals surface area contributed by atoms with Crippen molar-refractivity contribution in [3.05, 3.63) is 51.6 Å². The van der Waals surface area contributed by atoms with Gasteiger partial charge < -0.3 is 15.4 Å². The SMILES string of the molecule is O=C(Nc1ccnc(NC(=O)[C@H]2C[C@@H]2F)c1)c1c(Cl)cc(CN2CCOCC2)cc1Cl. The predicted octanol–water partition coefficient (Wildman–Crippen LogP) is 3.77. The van der Waals surface area contributed by atoms with Crippen molar-refractivity contribution in [1.82, 2.24) is 9.88 Å². The van der Waals surface area contributed by atoms with E-state index in [1.165, 1.54) is 12.3 Å². The number of nitrogens with zero attached hydrogens (tertiary/aromatic N) is 2. The van der Waals surface area contributed by atoms with Crippen LogP contribution in [0.4, 0.5) is 15.9 Å². The van der Waals surface area contributed by atoms with Crippen LogP contribution in [0.5, 0.6) is 0 Å². The van der Waals surface area contributed by atoms with Gasteiger partial charge in [0.25, 0.3) is 5.91 Å². The number of amides is 2. The van der Waals surface area contributed by atoms with Crippen LogP contribution in [0.3, 0.4) is 0 Å². The third-order valence-electron chi connectivity index (χ3n) is 5.16. The number of alkyl halides is 1. The molecule has 7 nitrogen and oxygen atoms in total. The fourth-order valence-corrected chi connectivity index (χ4v) is 4.08. The number of carbonyl (C=O) groups excluding carboxylic acids is 2. The molecule has 31 heavy (non-hydrogen) atoms. The average molecular weight is 467 g/mol. The summed E-state index contributed by atoms with van der Waals surface area (Å²) in [6.07, 6.45) is 0.555. The number of hydrogen-bond donors (Lipinski definition) is 2. The summed E-state index contributed by atoms with van der Waals surface area (Å²) in [5, 5.41) is 5.75. The van der Waals surface area contributed by atoms with Crippen LogP contribution in [-0.2, 0) is 16.1 Å². The van der Waals surface area contributed by atoms with Crippen molar-refractivity contribution in [2.24, 2.45) is 5.92 Å². The van der Waals surface area contributed by atoms with E-state index in [4.69, 9.17) is 27.9 Å². The summed E-state index contributed by atoms with van der Waals surface area (Å²) in [4.78, 5) is 30.9. The Kier molecular flexibility index (Phi) is 6.71. The van der Waals surface area contributed by atoms with E-state index in [1.54, 1.807) is 18.2 Å². The van der Waals surface area contributed by atoms with Crippen LogP contribution < -0.4 is 10.6 Å². The first-order valence-corrected chi connectivity index (χ1v) is 10.7. The van der Waals surface area contributed by atoms with Gasteiger partial charge in [0.15, 0.2) is 0 Å². The Morgan fingerprint density at radius 1 is 1.16 bits per heavy atom. The number of benzene rings is 1. The minimum absolute atomic E-state index is 0.162. The highest BCUT2D eigenvalue weighted by Gasteiger charge is 2.43. The molecule has 2 aromatic rings. The van der Waals surface area contributed by atoms with Crippen LogP contribution in [0.1, 0.15) is 22.3 Å². The van der Waals surface area contributed by atoms with Gasteiger partial charge in [-0.3, -0.25) is 14.5 Å². The Morgan fingerprint density at radius 3 is 2.48 bits per heavy atom. The van der Waals surface area contributed by atoms with E-state index < -0.39 is 23.9 Å². The van der Waals surface area contributed by atoms with Crippen molar-refractivity contribution in [1.29, 1.82) is 0 Å². The molecule has 1 saturated heterocycles. The van der Waals surface area contributed by atoms with E-state index in [9.17, 15) is 14.0 Å². The van der Waals surface area contributed by atoms with Gasteiger partial charge in [0.2, 0.25) is 5.91 Å². The number of ether oxygens (including phenoxy) is 1. The number of pyridine rings is 1. The Morgan fingerprint density at radius 2 is 1.84 bits per heavy atom. The molecule has 0 spiro atoms. The van der Waals surface area contributed by atoms with Crippen LogP contribution in [-0.4, -0.2) is 54.2 Å². The molecule has 4 rings (SSSR count). The summed E-state index contributed by atoms with van der Waals surface area (Å²) in [6.45, 7) is 3.69. The molecular formula is C21H21Cl2FN4O3. The highest BCUT2D eigenvalue weighted by molar-refractivity contribution is 6.40. The van der Waals surface area contributed by atoms with Crippen molar-refractivity contribution >= 4 is 46.5 Å². The molecule has 10 heteroatoms. The molecule has 2 amide bonds. The number of nitrogens with one attached hydrogen (secondary N) is 2. The van der Waals surface area contributed by atoms with Crippen molar-refractivity contribution in [3.8, 4) is 0 Å². The largest absolute Gasteiger partial charge is 0.379 e. The number of aromatic nitrogens is 1. The summed E-state index contributed by atoms with van der Waals surface area (Å²) in [6, 6.07) is 6.52. The summed E-state index contributed by atoms with van der Waals surface area (Å²) in [7, 11) is 0. The number of hydrogen-bond acceptors (Lipinski definition) is 5. The van der Waals surface area contributed by atoms with Crippen molar-refractivity contribution in [2.75, 3.05) is 36.9 Å². The van der Waals surface area contributed by atoms with Gasteiger partial charge in [-0.1, -0.05) is 23.2 Å². The van der Waals surface area contributed by atoms with E-state index in [1.807, 2.05) is 0 Å². The first-order valence-electron chi connectivity index (χ1n) is 9.91. The van der Waals surface area contributed by atoms with Gasteiger partial charge in [-0.2, -0.15) is 0 Å². The Bertz CT molecular complexity index is 977. The summed E-state index contributed by atoms with van der Waals surface area (Å²) < 4.78 is 18.4. The van der Waals surface area contributed by atoms with Crippen LogP contribution in [0.25, 0.3) is 0 Å². The summed E-state index contributed by atoms with van der Waals surface area (Å²) in [5.74, 6) is -1.32. The van der Waals surface area contributed by atoms with E-state index in [0.717, 1.165) is 18.7 Å². The van der Waals surface area contributed by atoms with Crippen molar-refractivity contribution in [2.45, 2.75) is 19.1 Å². The molecule has 1 saturated carbocycles. The zero-order valence-corrected chi connectivity index (χ0v) is 18.0. The molecule has 0 bridgehead atoms. The van der Waals surface area contributed by atoms with E-state index >= 15 is 0 Å². The lowest BCUT2D eigenvalue weighted by Gasteiger charge is -2.26. The summed E-state index contributed by atoms with van der Waals surface area (Å²) in [5.41, 5.74) is 1.47. The van der Waals surface area contributed by atoms with E-state index in [2.05, 4.69) is 20.5 Å². The molecule has 2 heterocycles. The third-order valence-corrected chi connectivity index (χ3v) is 5.75. The molecule has 164 valence electrons. The molecule has 1 aromatic heterocycles. The molecule has 2 atom stereocenters. The van der Waals surface area contributed by atoms with Gasteiger partial charge in [0.05, 0.1) is 34.7 Å². The molecule has 1 aliphatic heterocycles. The number of halogens is 3. The Balaban J connectivity index is 1.43. The molecule has 1 aromatic carbocycles. The topological polar surface area (TPSA) is 83.6 Å². The maximum absolute atomic E-state index is 13.0. The molecular weight excluding hydrogens is 446 g/mol. The van der Waals surface area contributed by atoms with Crippen molar-refractivity contribution in [3.63, 3.8) is 0 Å². The zero-order chi connectivity index (χ0) is 22.0. The maximum atomic E-state index is 13.0. The Labute approximate surface area is 188 Å². The predicted molar refractivity (Wildman–Crippen MR) is 116 cm³/mol. The minimum Gasteiger partial charge on any atom is -0.379 e. The van der Waals surface area contributed by atoms with Crippen LogP contribution >= 0.6 is 23.2 Å². The number of carbonyl (C=O) groups is 2. The Hall–Kier alpha value is -2.26. The van der Waals surface area contributed by atoms with Crippen LogP contribution in [0.15, 0.2) is 30.5 Å². The second-order valence-corrected chi connectivity index (χ2v) is 8.37. The van der Waals surface area contributed by atoms with Crippen LogP contribution in [0.2, 0.25) is 10.0 Å².